The number of aryl methyl sites for hydroxylation is 2. The number of fused-ring (bicyclic) bond motifs is 2. The summed E-state index contributed by atoms with van der Waals surface area (Å²) in [5.74, 6) is -2.81. The largest absolute Gasteiger partial charge is 0.360 e. The molecule has 5 rings (SSSR count). The average Bonchev–Trinajstić information content (AvgIpc) is 3.20. The number of anilines is 1. The third-order valence-corrected chi connectivity index (χ3v) is 7.81. The van der Waals surface area contributed by atoms with E-state index in [0.29, 0.717) is 16.8 Å². The van der Waals surface area contributed by atoms with Gasteiger partial charge in [0, 0.05) is 32.4 Å². The van der Waals surface area contributed by atoms with Crippen LogP contribution in [0.1, 0.15) is 28.2 Å². The van der Waals surface area contributed by atoms with Crippen molar-refractivity contribution in [3.05, 3.63) is 64.7 Å². The number of likely N-dealkylation sites (N-methyl/N-ethyl adjacent to an activating group) is 1. The smallest absolute Gasteiger partial charge is 0.332 e. The molecular formula is C25H24N4O4S. The van der Waals surface area contributed by atoms with Crippen molar-refractivity contribution in [2.24, 2.45) is 5.41 Å². The van der Waals surface area contributed by atoms with Gasteiger partial charge in [0.15, 0.2) is 11.0 Å². The van der Waals surface area contributed by atoms with E-state index >= 15 is 0 Å². The molecule has 1 N–H and O–H groups in total. The van der Waals surface area contributed by atoms with Crippen LogP contribution < -0.4 is 10.2 Å². The predicted octanol–water partition coefficient (Wildman–Crippen LogP) is 2.23. The van der Waals surface area contributed by atoms with Crippen LogP contribution >= 0.6 is 12.2 Å². The van der Waals surface area contributed by atoms with Gasteiger partial charge in [-0.05, 0) is 25.5 Å². The number of amides is 5. The first-order valence-electron chi connectivity index (χ1n) is 10.9. The summed E-state index contributed by atoms with van der Waals surface area (Å²) in [7, 11) is 4.32. The van der Waals surface area contributed by atoms with Crippen LogP contribution in [0.3, 0.4) is 0 Å². The molecule has 2 aromatic rings. The predicted molar refractivity (Wildman–Crippen MR) is 129 cm³/mol. The first-order chi connectivity index (χ1) is 16.0. The van der Waals surface area contributed by atoms with Gasteiger partial charge < -0.3 is 10.2 Å². The van der Waals surface area contributed by atoms with Gasteiger partial charge in [0.25, 0.3) is 17.7 Å². The van der Waals surface area contributed by atoms with Crippen LogP contribution in [0.25, 0.3) is 0 Å². The minimum atomic E-state index is -1.95. The lowest BCUT2D eigenvalue weighted by molar-refractivity contribution is -0.153. The highest BCUT2D eigenvalue weighted by atomic mass is 32.1. The van der Waals surface area contributed by atoms with Gasteiger partial charge in [-0.15, -0.1) is 0 Å². The molecule has 3 aliphatic heterocycles. The minimum Gasteiger partial charge on any atom is -0.360 e. The van der Waals surface area contributed by atoms with E-state index in [0.717, 1.165) is 20.9 Å². The number of urea groups is 1. The Hall–Kier alpha value is -3.59. The number of nitrogens with one attached hydrogen (secondary N) is 1. The van der Waals surface area contributed by atoms with Crippen molar-refractivity contribution in [1.29, 1.82) is 0 Å². The lowest BCUT2D eigenvalue weighted by atomic mass is 9.62. The quantitative estimate of drug-likeness (QED) is 0.502. The van der Waals surface area contributed by atoms with Gasteiger partial charge in [-0.25, -0.2) is 4.79 Å². The Kier molecular flexibility index (Phi) is 4.55. The summed E-state index contributed by atoms with van der Waals surface area (Å²) < 4.78 is 0. The van der Waals surface area contributed by atoms with E-state index in [4.69, 9.17) is 12.2 Å². The average molecular weight is 477 g/mol. The number of imide groups is 2. The third-order valence-electron chi connectivity index (χ3n) is 7.38. The summed E-state index contributed by atoms with van der Waals surface area (Å²) in [5, 5.41) is 3.17. The third kappa shape index (κ3) is 2.39. The molecule has 0 aliphatic carbocycles. The molecule has 2 atom stereocenters. The summed E-state index contributed by atoms with van der Waals surface area (Å²) in [6.07, 6.45) is 0. The molecule has 0 unspecified atom stereocenters. The second-order valence-corrected chi connectivity index (χ2v) is 9.72. The fourth-order valence-corrected chi connectivity index (χ4v) is 6.13. The number of thiocarbonyl (C=S) groups is 1. The maximum absolute atomic E-state index is 14.0. The van der Waals surface area contributed by atoms with Crippen molar-refractivity contribution in [3.63, 3.8) is 0 Å². The molecule has 34 heavy (non-hydrogen) atoms. The molecule has 0 aromatic heterocycles. The van der Waals surface area contributed by atoms with Crippen LogP contribution in [0, 0.1) is 19.3 Å². The molecule has 9 heteroatoms. The van der Waals surface area contributed by atoms with Gasteiger partial charge in [0.2, 0.25) is 0 Å². The molecule has 8 nitrogen and oxygen atoms in total. The van der Waals surface area contributed by atoms with Crippen LogP contribution in [0.15, 0.2) is 42.5 Å². The second kappa shape index (κ2) is 6.96. The molecule has 3 aliphatic rings. The maximum Gasteiger partial charge on any atom is 0.332 e. The topological polar surface area (TPSA) is 90.0 Å². The Bertz CT molecular complexity index is 1300. The summed E-state index contributed by atoms with van der Waals surface area (Å²) in [5.41, 5.74) is 0.383. The van der Waals surface area contributed by atoms with E-state index < -0.39 is 34.7 Å². The lowest BCUT2D eigenvalue weighted by Gasteiger charge is -2.43. The Morgan fingerprint density at radius 3 is 1.94 bits per heavy atom. The fourth-order valence-electron chi connectivity index (χ4n) is 5.67. The normalized spacial score (nSPS) is 25.6. The second-order valence-electron chi connectivity index (χ2n) is 9.31. The van der Waals surface area contributed by atoms with E-state index in [2.05, 4.69) is 5.32 Å². The van der Waals surface area contributed by atoms with Crippen molar-refractivity contribution >= 4 is 46.6 Å². The van der Waals surface area contributed by atoms with Gasteiger partial charge >= 0.3 is 6.03 Å². The highest BCUT2D eigenvalue weighted by Gasteiger charge is 2.76. The summed E-state index contributed by atoms with van der Waals surface area (Å²) in [4.78, 5) is 57.7. The standard InChI is InChI=1S/C25H24N4O4S/c1-13-6-9-15(10-7-13)18-24(20(30)28(4)23(33)29(5)21(24)31)19(34)26-25(18)16-12-14(2)8-11-17(16)27(3)22(25)32/h6-12,18H,1-5H3,(H,26,34)/t18-,25-/m0/s1. The van der Waals surface area contributed by atoms with Crippen LogP contribution in [0.4, 0.5) is 10.5 Å². The number of hydrogen-bond acceptors (Lipinski definition) is 5. The number of benzene rings is 2. The Morgan fingerprint density at radius 1 is 0.794 bits per heavy atom. The molecule has 0 bridgehead atoms. The highest BCUT2D eigenvalue weighted by molar-refractivity contribution is 7.80. The number of barbiturate groups is 1. The molecule has 0 saturated carbocycles. The zero-order valence-electron chi connectivity index (χ0n) is 19.5. The summed E-state index contributed by atoms with van der Waals surface area (Å²) >= 11 is 5.73. The molecule has 2 aromatic carbocycles. The number of carbonyl (C=O) groups excluding carboxylic acids is 4. The lowest BCUT2D eigenvalue weighted by Crippen LogP contribution is -2.66. The van der Waals surface area contributed by atoms with E-state index in [1.54, 1.807) is 7.05 Å². The van der Waals surface area contributed by atoms with Gasteiger partial charge in [0.1, 0.15) is 4.99 Å². The molecule has 2 saturated heterocycles. The van der Waals surface area contributed by atoms with E-state index in [1.807, 2.05) is 56.3 Å². The fraction of sp³-hybridized carbons (Fsp3) is 0.320. The van der Waals surface area contributed by atoms with Crippen molar-refractivity contribution in [2.45, 2.75) is 25.3 Å². The van der Waals surface area contributed by atoms with Crippen LogP contribution in [0.2, 0.25) is 0 Å². The Balaban J connectivity index is 1.89. The SMILES string of the molecule is Cc1ccc([C@H]2C3(C(=O)N(C)C(=O)N(C)C3=O)C(=S)N[C@]23C(=O)N(C)c2ccc(C)cc23)cc1. The number of carbonyl (C=O) groups is 4. The molecule has 0 radical (unpaired) electrons. The van der Waals surface area contributed by atoms with Gasteiger partial charge in [0.05, 0.1) is 5.92 Å². The van der Waals surface area contributed by atoms with Gasteiger partial charge in [-0.2, -0.15) is 0 Å². The zero-order valence-corrected chi connectivity index (χ0v) is 20.3. The van der Waals surface area contributed by atoms with Gasteiger partial charge in [-0.1, -0.05) is 59.7 Å². The Labute approximate surface area is 202 Å². The molecular weight excluding hydrogens is 452 g/mol. The van der Waals surface area contributed by atoms with Crippen molar-refractivity contribution < 1.29 is 19.2 Å². The van der Waals surface area contributed by atoms with E-state index in [-0.39, 0.29) is 10.9 Å². The Morgan fingerprint density at radius 2 is 1.35 bits per heavy atom. The van der Waals surface area contributed by atoms with E-state index in [1.165, 1.54) is 19.0 Å². The number of nitrogens with zero attached hydrogens (tertiary/aromatic N) is 3. The van der Waals surface area contributed by atoms with Gasteiger partial charge in [-0.3, -0.25) is 24.2 Å². The number of rotatable bonds is 1. The molecule has 3 heterocycles. The molecule has 5 amide bonds. The monoisotopic (exact) mass is 476 g/mol. The van der Waals surface area contributed by atoms with Crippen LogP contribution in [0.5, 0.6) is 0 Å². The summed E-state index contributed by atoms with van der Waals surface area (Å²) in [6, 6.07) is 12.3. The van der Waals surface area contributed by atoms with Crippen LogP contribution in [-0.4, -0.2) is 59.7 Å². The van der Waals surface area contributed by atoms with Crippen molar-refractivity contribution in [3.8, 4) is 0 Å². The molecule has 2 spiro atoms. The molecule has 174 valence electrons. The first kappa shape index (κ1) is 22.2. The van der Waals surface area contributed by atoms with Crippen molar-refractivity contribution in [1.82, 2.24) is 15.1 Å². The van der Waals surface area contributed by atoms with Crippen LogP contribution in [-0.2, 0) is 19.9 Å². The van der Waals surface area contributed by atoms with Crippen molar-refractivity contribution in [2.75, 3.05) is 26.0 Å². The van der Waals surface area contributed by atoms with E-state index in [9.17, 15) is 19.2 Å². The first-order valence-corrected chi connectivity index (χ1v) is 11.3. The number of hydrogen-bond donors (Lipinski definition) is 1. The zero-order chi connectivity index (χ0) is 24.7. The molecule has 2 fully saturated rings. The highest BCUT2D eigenvalue weighted by Crippen LogP contribution is 2.60. The maximum atomic E-state index is 14.0. The summed E-state index contributed by atoms with van der Waals surface area (Å²) in [6.45, 7) is 3.84. The minimum absolute atomic E-state index is 0.0598.